The summed E-state index contributed by atoms with van der Waals surface area (Å²) in [4.78, 5) is 30.3. The second-order valence-corrected chi connectivity index (χ2v) is 6.89. The quantitative estimate of drug-likeness (QED) is 0.882. The lowest BCUT2D eigenvalue weighted by atomic mass is 10.0. The summed E-state index contributed by atoms with van der Waals surface area (Å²) in [5.41, 5.74) is -0.483. The van der Waals surface area contributed by atoms with E-state index in [2.05, 4.69) is 19.9 Å². The molecule has 1 aliphatic carbocycles. The van der Waals surface area contributed by atoms with Crippen molar-refractivity contribution in [3.8, 4) is 0 Å². The normalized spacial score (nSPS) is 18.6. The summed E-state index contributed by atoms with van der Waals surface area (Å²) in [6.07, 6.45) is 2.69. The molecule has 1 saturated carbocycles. The summed E-state index contributed by atoms with van der Waals surface area (Å²) < 4.78 is 39.0. The van der Waals surface area contributed by atoms with Crippen molar-refractivity contribution in [2.45, 2.75) is 43.9 Å². The summed E-state index contributed by atoms with van der Waals surface area (Å²) in [6.45, 7) is 1.09. The van der Waals surface area contributed by atoms with Gasteiger partial charge in [0.15, 0.2) is 0 Å². The van der Waals surface area contributed by atoms with Gasteiger partial charge in [0.05, 0.1) is 12.5 Å². The van der Waals surface area contributed by atoms with E-state index in [9.17, 15) is 18.0 Å². The number of halogens is 3. The highest BCUT2D eigenvalue weighted by Gasteiger charge is 2.39. The minimum Gasteiger partial charge on any atom is -0.350 e. The number of anilines is 1. The molecule has 3 heterocycles. The van der Waals surface area contributed by atoms with Crippen molar-refractivity contribution in [2.75, 3.05) is 18.0 Å². The lowest BCUT2D eigenvalue weighted by Gasteiger charge is -2.39. The molecular weight excluding hydrogens is 361 g/mol. The van der Waals surface area contributed by atoms with E-state index in [0.29, 0.717) is 37.4 Å². The Hall–Kier alpha value is -2.65. The van der Waals surface area contributed by atoms with Gasteiger partial charge in [-0.05, 0) is 25.7 Å². The molecule has 2 fully saturated rings. The highest BCUT2D eigenvalue weighted by Crippen LogP contribution is 2.37. The number of piperidine rings is 1. The molecule has 2 aliphatic rings. The summed E-state index contributed by atoms with van der Waals surface area (Å²) in [6, 6.07) is 1.29. The maximum atomic E-state index is 13.0. The molecule has 1 amide bonds. The largest absolute Gasteiger partial charge is 0.433 e. The second-order valence-electron chi connectivity index (χ2n) is 6.89. The first kappa shape index (κ1) is 17.7. The van der Waals surface area contributed by atoms with Crippen LogP contribution in [0.25, 0.3) is 0 Å². The number of alkyl halides is 3. The summed E-state index contributed by atoms with van der Waals surface area (Å²) >= 11 is 0. The Morgan fingerprint density at radius 2 is 1.85 bits per heavy atom. The average Bonchev–Trinajstić information content (AvgIpc) is 3.33. The predicted molar refractivity (Wildman–Crippen MR) is 90.0 cm³/mol. The van der Waals surface area contributed by atoms with Crippen molar-refractivity contribution in [1.29, 1.82) is 0 Å². The van der Waals surface area contributed by atoms with Crippen LogP contribution in [-0.2, 0) is 6.18 Å². The highest BCUT2D eigenvalue weighted by molar-refractivity contribution is 5.92. The van der Waals surface area contributed by atoms with Crippen molar-refractivity contribution >= 4 is 11.7 Å². The number of likely N-dealkylation sites (tertiary alicyclic amines) is 1. The number of nitrogens with one attached hydrogen (secondary N) is 1. The third-order valence-electron chi connectivity index (χ3n) is 5.02. The van der Waals surface area contributed by atoms with E-state index in [4.69, 9.17) is 0 Å². The molecular formula is C17H19F3N6O. The molecule has 144 valence electrons. The first-order valence-corrected chi connectivity index (χ1v) is 8.88. The minimum atomic E-state index is -4.49. The summed E-state index contributed by atoms with van der Waals surface area (Å²) in [5, 5.41) is 0. The molecule has 0 aromatic carbocycles. The van der Waals surface area contributed by atoms with Crippen LogP contribution < -0.4 is 4.90 Å². The summed E-state index contributed by atoms with van der Waals surface area (Å²) in [7, 11) is 0. The zero-order valence-electron chi connectivity index (χ0n) is 14.5. The number of H-pyrrole nitrogens is 1. The second kappa shape index (κ2) is 6.82. The molecule has 0 spiro atoms. The Labute approximate surface area is 153 Å². The Kier molecular flexibility index (Phi) is 4.48. The fourth-order valence-electron chi connectivity index (χ4n) is 3.56. The zero-order chi connectivity index (χ0) is 19.0. The van der Waals surface area contributed by atoms with Crippen molar-refractivity contribution in [3.63, 3.8) is 0 Å². The minimum absolute atomic E-state index is 0.0549. The molecule has 2 aromatic rings. The van der Waals surface area contributed by atoms with Gasteiger partial charge >= 0.3 is 6.18 Å². The van der Waals surface area contributed by atoms with E-state index in [0.717, 1.165) is 25.2 Å². The van der Waals surface area contributed by atoms with Crippen LogP contribution in [0.4, 0.5) is 19.0 Å². The van der Waals surface area contributed by atoms with Crippen molar-refractivity contribution in [2.24, 2.45) is 0 Å². The SMILES string of the molecule is O=C(c1cnc[nH]1)N1CCC(N(c2cc(C(F)(F)F)ncn2)C2CC2)CC1. The van der Waals surface area contributed by atoms with Crippen molar-refractivity contribution in [3.05, 3.63) is 36.3 Å². The van der Waals surface area contributed by atoms with E-state index in [1.807, 2.05) is 4.90 Å². The average molecular weight is 380 g/mol. The number of imidazole rings is 1. The third-order valence-corrected chi connectivity index (χ3v) is 5.02. The molecule has 1 N–H and O–H groups in total. The van der Waals surface area contributed by atoms with Gasteiger partial charge in [-0.3, -0.25) is 4.79 Å². The van der Waals surface area contributed by atoms with Gasteiger partial charge in [-0.1, -0.05) is 0 Å². The van der Waals surface area contributed by atoms with Gasteiger partial charge in [0, 0.05) is 31.2 Å². The predicted octanol–water partition coefficient (Wildman–Crippen LogP) is 2.49. The summed E-state index contributed by atoms with van der Waals surface area (Å²) in [5.74, 6) is 0.212. The van der Waals surface area contributed by atoms with E-state index in [-0.39, 0.29) is 18.0 Å². The fraction of sp³-hybridized carbons (Fsp3) is 0.529. The number of amides is 1. The van der Waals surface area contributed by atoms with Crippen molar-refractivity contribution in [1.82, 2.24) is 24.8 Å². The first-order chi connectivity index (χ1) is 12.9. The lowest BCUT2D eigenvalue weighted by Crippen LogP contribution is -2.48. The molecule has 7 nitrogen and oxygen atoms in total. The molecule has 4 rings (SSSR count). The van der Waals surface area contributed by atoms with Gasteiger partial charge in [-0.25, -0.2) is 15.0 Å². The number of carbonyl (C=O) groups excluding carboxylic acids is 1. The molecule has 1 saturated heterocycles. The molecule has 27 heavy (non-hydrogen) atoms. The molecule has 10 heteroatoms. The van der Waals surface area contributed by atoms with Crippen LogP contribution in [0.3, 0.4) is 0 Å². The van der Waals surface area contributed by atoms with Crippen LogP contribution in [0.2, 0.25) is 0 Å². The molecule has 0 bridgehead atoms. The van der Waals surface area contributed by atoms with Crippen LogP contribution in [0.1, 0.15) is 41.9 Å². The third kappa shape index (κ3) is 3.74. The molecule has 1 aliphatic heterocycles. The number of aromatic amines is 1. The number of aromatic nitrogens is 4. The molecule has 0 radical (unpaired) electrons. The van der Waals surface area contributed by atoms with E-state index in [1.165, 1.54) is 12.5 Å². The van der Waals surface area contributed by atoms with Gasteiger partial charge < -0.3 is 14.8 Å². The number of hydrogen-bond acceptors (Lipinski definition) is 5. The van der Waals surface area contributed by atoms with Gasteiger partial charge in [0.25, 0.3) is 5.91 Å². The number of rotatable bonds is 4. The lowest BCUT2D eigenvalue weighted by molar-refractivity contribution is -0.141. The van der Waals surface area contributed by atoms with Crippen LogP contribution >= 0.6 is 0 Å². The first-order valence-electron chi connectivity index (χ1n) is 8.88. The Morgan fingerprint density at radius 3 is 2.44 bits per heavy atom. The maximum Gasteiger partial charge on any atom is 0.433 e. The number of nitrogens with zero attached hydrogens (tertiary/aromatic N) is 5. The Balaban J connectivity index is 1.48. The van der Waals surface area contributed by atoms with Crippen LogP contribution in [0.15, 0.2) is 24.9 Å². The van der Waals surface area contributed by atoms with Crippen LogP contribution in [0, 0.1) is 0 Å². The van der Waals surface area contributed by atoms with E-state index in [1.54, 1.807) is 4.90 Å². The topological polar surface area (TPSA) is 78.0 Å². The Bertz CT molecular complexity index is 797. The van der Waals surface area contributed by atoms with Crippen LogP contribution in [0.5, 0.6) is 0 Å². The Morgan fingerprint density at radius 1 is 1.15 bits per heavy atom. The maximum absolute atomic E-state index is 13.0. The van der Waals surface area contributed by atoms with E-state index >= 15 is 0 Å². The van der Waals surface area contributed by atoms with Gasteiger partial charge in [-0.15, -0.1) is 0 Å². The van der Waals surface area contributed by atoms with Crippen molar-refractivity contribution < 1.29 is 18.0 Å². The number of hydrogen-bond donors (Lipinski definition) is 1. The molecule has 0 atom stereocenters. The van der Waals surface area contributed by atoms with Gasteiger partial charge in [-0.2, -0.15) is 13.2 Å². The number of carbonyl (C=O) groups is 1. The van der Waals surface area contributed by atoms with Crippen LogP contribution in [-0.4, -0.2) is 55.9 Å². The zero-order valence-corrected chi connectivity index (χ0v) is 14.5. The molecule has 2 aromatic heterocycles. The standard InChI is InChI=1S/C17H19F3N6O/c18-17(19,20)14-7-15(24-10-23-14)26(11-1-2-11)12-3-5-25(6-4-12)16(27)13-8-21-9-22-13/h7-12H,1-6H2,(H,21,22). The molecule has 0 unspecified atom stereocenters. The highest BCUT2D eigenvalue weighted by atomic mass is 19.4. The fourth-order valence-corrected chi connectivity index (χ4v) is 3.56. The smallest absolute Gasteiger partial charge is 0.350 e. The van der Waals surface area contributed by atoms with Gasteiger partial charge in [0.1, 0.15) is 23.5 Å². The monoisotopic (exact) mass is 380 g/mol. The van der Waals surface area contributed by atoms with Gasteiger partial charge in [0.2, 0.25) is 0 Å². The van der Waals surface area contributed by atoms with E-state index < -0.39 is 11.9 Å².